The molecule has 116 valence electrons. The van der Waals surface area contributed by atoms with Gasteiger partial charge in [-0.2, -0.15) is 0 Å². The van der Waals surface area contributed by atoms with Crippen molar-refractivity contribution in [2.75, 3.05) is 6.54 Å². The summed E-state index contributed by atoms with van der Waals surface area (Å²) in [7, 11) is 0. The molecule has 21 heavy (non-hydrogen) atoms. The summed E-state index contributed by atoms with van der Waals surface area (Å²) in [4.78, 5) is 28.2. The Morgan fingerprint density at radius 3 is 2.62 bits per heavy atom. The Bertz CT molecular complexity index is 553. The lowest BCUT2D eigenvalue weighted by Gasteiger charge is -2.46. The van der Waals surface area contributed by atoms with Gasteiger partial charge < -0.3 is 5.73 Å². The number of aryl methyl sites for hydroxylation is 1. The standard InChI is InChI=1S/C15H23N3O2S/c1-5-10(16)13(11-7-6-9(2)21-11)18-8-12(19)17-14(20)15(18,3)4/h6-7,10,13H,5,8,16H2,1-4H3,(H,17,19,20). The lowest BCUT2D eigenvalue weighted by Crippen LogP contribution is -2.66. The third-order valence-electron chi connectivity index (χ3n) is 4.11. The summed E-state index contributed by atoms with van der Waals surface area (Å²) in [6.45, 7) is 7.93. The van der Waals surface area contributed by atoms with Gasteiger partial charge in [-0.05, 0) is 39.3 Å². The van der Waals surface area contributed by atoms with Crippen molar-refractivity contribution in [3.8, 4) is 0 Å². The number of carbonyl (C=O) groups excluding carboxylic acids is 2. The van der Waals surface area contributed by atoms with Crippen molar-refractivity contribution in [2.24, 2.45) is 5.73 Å². The number of rotatable bonds is 4. The quantitative estimate of drug-likeness (QED) is 0.828. The molecule has 2 heterocycles. The van der Waals surface area contributed by atoms with Gasteiger partial charge in [-0.3, -0.25) is 19.8 Å². The fourth-order valence-electron chi connectivity index (χ4n) is 2.68. The van der Waals surface area contributed by atoms with Crippen molar-refractivity contribution >= 4 is 23.2 Å². The molecule has 6 heteroatoms. The van der Waals surface area contributed by atoms with E-state index in [1.807, 2.05) is 44.7 Å². The van der Waals surface area contributed by atoms with E-state index in [4.69, 9.17) is 5.73 Å². The molecule has 0 saturated carbocycles. The van der Waals surface area contributed by atoms with Gasteiger partial charge in [0.25, 0.3) is 0 Å². The Morgan fingerprint density at radius 2 is 2.10 bits per heavy atom. The zero-order chi connectivity index (χ0) is 15.8. The van der Waals surface area contributed by atoms with Crippen LogP contribution in [-0.4, -0.2) is 34.8 Å². The largest absolute Gasteiger partial charge is 0.326 e. The van der Waals surface area contributed by atoms with Gasteiger partial charge in [0.1, 0.15) is 0 Å². The van der Waals surface area contributed by atoms with Gasteiger partial charge in [-0.15, -0.1) is 11.3 Å². The Balaban J connectivity index is 2.44. The van der Waals surface area contributed by atoms with Crippen LogP contribution in [0.25, 0.3) is 0 Å². The number of imide groups is 1. The van der Waals surface area contributed by atoms with Crippen molar-refractivity contribution < 1.29 is 9.59 Å². The molecule has 0 aromatic carbocycles. The van der Waals surface area contributed by atoms with Crippen LogP contribution in [0.1, 0.15) is 43.0 Å². The number of hydrogen-bond donors (Lipinski definition) is 2. The summed E-state index contributed by atoms with van der Waals surface area (Å²) >= 11 is 1.67. The van der Waals surface area contributed by atoms with E-state index in [-0.39, 0.29) is 30.4 Å². The first-order chi connectivity index (χ1) is 9.77. The molecule has 1 aliphatic rings. The van der Waals surface area contributed by atoms with Crippen molar-refractivity contribution in [2.45, 2.75) is 51.7 Å². The van der Waals surface area contributed by atoms with E-state index in [0.717, 1.165) is 11.3 Å². The molecular weight excluding hydrogens is 286 g/mol. The molecular formula is C15H23N3O2S. The SMILES string of the molecule is CCC(N)C(c1ccc(C)s1)N1CC(=O)NC(=O)C1(C)C. The summed E-state index contributed by atoms with van der Waals surface area (Å²) in [5, 5.41) is 2.41. The van der Waals surface area contributed by atoms with E-state index in [0.29, 0.717) is 0 Å². The Hall–Kier alpha value is -1.24. The molecule has 0 bridgehead atoms. The van der Waals surface area contributed by atoms with E-state index in [9.17, 15) is 9.59 Å². The second-order valence-electron chi connectivity index (χ2n) is 6.03. The molecule has 0 aliphatic carbocycles. The highest BCUT2D eigenvalue weighted by atomic mass is 32.1. The number of carbonyl (C=O) groups is 2. The first-order valence-electron chi connectivity index (χ1n) is 7.20. The topological polar surface area (TPSA) is 75.4 Å². The molecule has 1 aliphatic heterocycles. The minimum Gasteiger partial charge on any atom is -0.326 e. The molecule has 1 fully saturated rings. The molecule has 2 rings (SSSR count). The smallest absolute Gasteiger partial charge is 0.246 e. The van der Waals surface area contributed by atoms with Crippen LogP contribution in [-0.2, 0) is 9.59 Å². The monoisotopic (exact) mass is 309 g/mol. The zero-order valence-electron chi connectivity index (χ0n) is 13.0. The normalized spacial score (nSPS) is 22.0. The summed E-state index contributed by atoms with van der Waals surface area (Å²) in [6, 6.07) is 3.85. The third-order valence-corrected chi connectivity index (χ3v) is 5.18. The molecule has 0 spiro atoms. The average molecular weight is 309 g/mol. The highest BCUT2D eigenvalue weighted by Crippen LogP contribution is 2.36. The minimum atomic E-state index is -0.761. The van der Waals surface area contributed by atoms with Crippen LogP contribution in [0.15, 0.2) is 12.1 Å². The van der Waals surface area contributed by atoms with Crippen LogP contribution >= 0.6 is 11.3 Å². The first kappa shape index (κ1) is 16.1. The second-order valence-corrected chi connectivity index (χ2v) is 7.35. The number of thiophene rings is 1. The van der Waals surface area contributed by atoms with E-state index in [1.165, 1.54) is 4.88 Å². The van der Waals surface area contributed by atoms with Gasteiger partial charge in [-0.25, -0.2) is 0 Å². The second kappa shape index (κ2) is 5.87. The summed E-state index contributed by atoms with van der Waals surface area (Å²) < 4.78 is 0. The lowest BCUT2D eigenvalue weighted by molar-refractivity contribution is -0.147. The molecule has 3 N–H and O–H groups in total. The van der Waals surface area contributed by atoms with E-state index < -0.39 is 5.54 Å². The molecule has 0 radical (unpaired) electrons. The van der Waals surface area contributed by atoms with E-state index >= 15 is 0 Å². The Labute approximate surface area is 129 Å². The van der Waals surface area contributed by atoms with Crippen LogP contribution < -0.4 is 11.1 Å². The number of piperazine rings is 1. The van der Waals surface area contributed by atoms with Crippen LogP contribution in [0, 0.1) is 6.92 Å². The predicted molar refractivity (Wildman–Crippen MR) is 84.0 cm³/mol. The number of amides is 2. The van der Waals surface area contributed by atoms with Crippen molar-refractivity contribution in [3.05, 3.63) is 21.9 Å². The fraction of sp³-hybridized carbons (Fsp3) is 0.600. The maximum absolute atomic E-state index is 12.2. The number of nitrogens with zero attached hydrogens (tertiary/aromatic N) is 1. The molecule has 1 aromatic heterocycles. The highest BCUT2D eigenvalue weighted by Gasteiger charge is 2.46. The zero-order valence-corrected chi connectivity index (χ0v) is 13.8. The van der Waals surface area contributed by atoms with Crippen LogP contribution in [0.3, 0.4) is 0 Å². The Morgan fingerprint density at radius 1 is 1.43 bits per heavy atom. The van der Waals surface area contributed by atoms with Crippen molar-refractivity contribution in [3.63, 3.8) is 0 Å². The van der Waals surface area contributed by atoms with Gasteiger partial charge >= 0.3 is 0 Å². The molecule has 2 unspecified atom stereocenters. The van der Waals surface area contributed by atoms with Crippen molar-refractivity contribution in [1.29, 1.82) is 0 Å². The summed E-state index contributed by atoms with van der Waals surface area (Å²) in [5.41, 5.74) is 5.56. The van der Waals surface area contributed by atoms with Crippen LogP contribution in [0.4, 0.5) is 0 Å². The molecule has 1 saturated heterocycles. The van der Waals surface area contributed by atoms with Gasteiger partial charge in [0.2, 0.25) is 11.8 Å². The molecule has 5 nitrogen and oxygen atoms in total. The van der Waals surface area contributed by atoms with E-state index in [2.05, 4.69) is 5.32 Å². The average Bonchev–Trinajstić information content (AvgIpc) is 2.82. The number of nitrogens with one attached hydrogen (secondary N) is 1. The molecule has 2 atom stereocenters. The van der Waals surface area contributed by atoms with Gasteiger partial charge in [0.15, 0.2) is 0 Å². The predicted octanol–water partition coefficient (Wildman–Crippen LogP) is 1.57. The number of hydrogen-bond acceptors (Lipinski definition) is 5. The summed E-state index contributed by atoms with van der Waals surface area (Å²) in [6.07, 6.45) is 0.782. The summed E-state index contributed by atoms with van der Waals surface area (Å²) in [5.74, 6) is -0.527. The van der Waals surface area contributed by atoms with Crippen molar-refractivity contribution in [1.82, 2.24) is 10.2 Å². The third kappa shape index (κ3) is 3.02. The fourth-order valence-corrected chi connectivity index (χ4v) is 3.75. The number of nitrogens with two attached hydrogens (primary N) is 1. The highest BCUT2D eigenvalue weighted by molar-refractivity contribution is 7.12. The maximum atomic E-state index is 12.2. The Kier molecular flexibility index (Phi) is 4.51. The van der Waals surface area contributed by atoms with Gasteiger partial charge in [-0.1, -0.05) is 6.92 Å². The molecule has 2 amide bonds. The van der Waals surface area contributed by atoms with Crippen LogP contribution in [0.5, 0.6) is 0 Å². The maximum Gasteiger partial charge on any atom is 0.246 e. The minimum absolute atomic E-state index is 0.124. The van der Waals surface area contributed by atoms with Crippen LogP contribution in [0.2, 0.25) is 0 Å². The molecule has 1 aromatic rings. The van der Waals surface area contributed by atoms with E-state index in [1.54, 1.807) is 11.3 Å². The van der Waals surface area contributed by atoms with Gasteiger partial charge in [0, 0.05) is 15.8 Å². The lowest BCUT2D eigenvalue weighted by atomic mass is 9.92. The van der Waals surface area contributed by atoms with Gasteiger partial charge in [0.05, 0.1) is 18.1 Å². The first-order valence-corrected chi connectivity index (χ1v) is 8.02.